The van der Waals surface area contributed by atoms with Crippen LogP contribution in [0.3, 0.4) is 0 Å². The highest BCUT2D eigenvalue weighted by atomic mass is 35.5. The Labute approximate surface area is 94.1 Å². The van der Waals surface area contributed by atoms with Gasteiger partial charge in [-0.15, -0.1) is 11.3 Å². The van der Waals surface area contributed by atoms with E-state index in [0.29, 0.717) is 10.2 Å². The van der Waals surface area contributed by atoms with Crippen molar-refractivity contribution in [3.8, 4) is 0 Å². The Hall–Kier alpha value is -0.800. The number of rotatable bonds is 2. The van der Waals surface area contributed by atoms with E-state index in [1.807, 2.05) is 19.2 Å². The maximum atomic E-state index is 5.82. The lowest BCUT2D eigenvalue weighted by Gasteiger charge is -1.96. The predicted molar refractivity (Wildman–Crippen MR) is 66.5 cm³/mol. The van der Waals surface area contributed by atoms with Gasteiger partial charge in [-0.05, 0) is 6.92 Å². The molecule has 1 aromatic heterocycles. The van der Waals surface area contributed by atoms with E-state index >= 15 is 0 Å². The monoisotopic (exact) mass is 230 g/mol. The molecule has 0 aromatic carbocycles. The van der Waals surface area contributed by atoms with Crippen molar-refractivity contribution < 1.29 is 0 Å². The number of halogens is 1. The van der Waals surface area contributed by atoms with Gasteiger partial charge in [-0.3, -0.25) is 0 Å². The number of nitrogens with zero attached hydrogens (tertiary/aromatic N) is 1. The quantitative estimate of drug-likeness (QED) is 0.783. The Morgan fingerprint density at radius 3 is 2.50 bits per heavy atom. The molecule has 1 rings (SSSR count). The first-order valence-electron chi connectivity index (χ1n) is 4.35. The zero-order valence-corrected chi connectivity index (χ0v) is 10.2. The molecule has 0 radical (unpaired) electrons. The van der Waals surface area contributed by atoms with Crippen molar-refractivity contribution >= 4 is 33.6 Å². The third-order valence-corrected chi connectivity index (χ3v) is 2.25. The van der Waals surface area contributed by atoms with Gasteiger partial charge in [-0.1, -0.05) is 38.1 Å². The third kappa shape index (κ3) is 3.52. The molecule has 0 aliphatic carbocycles. The Morgan fingerprint density at radius 2 is 2.21 bits per heavy atom. The number of hydrogen-bond acceptors (Lipinski definition) is 3. The van der Waals surface area contributed by atoms with E-state index in [-0.39, 0.29) is 0 Å². The van der Waals surface area contributed by atoms with Gasteiger partial charge in [0, 0.05) is 16.0 Å². The van der Waals surface area contributed by atoms with Crippen LogP contribution < -0.4 is 5.73 Å². The second-order valence-corrected chi connectivity index (χ2v) is 3.68. The number of allylic oxidation sites excluding steroid dienone is 3. The van der Waals surface area contributed by atoms with E-state index in [2.05, 4.69) is 11.6 Å². The fraction of sp³-hybridized carbons (Fsp3) is 0.300. The minimum atomic E-state index is 0.544. The highest BCUT2D eigenvalue weighted by Gasteiger charge is 2.04. The second-order valence-electron chi connectivity index (χ2n) is 2.22. The molecule has 0 atom stereocenters. The molecule has 2 N–H and O–H groups in total. The van der Waals surface area contributed by atoms with E-state index in [1.165, 1.54) is 11.3 Å². The Bertz CT molecular complexity index is 325. The molecule has 0 spiro atoms. The van der Waals surface area contributed by atoms with Gasteiger partial charge in [0.1, 0.15) is 0 Å². The van der Waals surface area contributed by atoms with Crippen LogP contribution in [0.1, 0.15) is 26.5 Å². The van der Waals surface area contributed by atoms with Crippen LogP contribution in [0.15, 0.2) is 23.1 Å². The van der Waals surface area contributed by atoms with Gasteiger partial charge in [0.15, 0.2) is 5.13 Å². The first kappa shape index (κ1) is 13.2. The van der Waals surface area contributed by atoms with Crippen molar-refractivity contribution in [3.05, 3.63) is 28.8 Å². The largest absolute Gasteiger partial charge is 0.375 e. The van der Waals surface area contributed by atoms with Gasteiger partial charge < -0.3 is 5.73 Å². The summed E-state index contributed by atoms with van der Waals surface area (Å²) in [5.74, 6) is 0. The van der Waals surface area contributed by atoms with E-state index in [1.54, 1.807) is 13.0 Å². The highest BCUT2D eigenvalue weighted by molar-refractivity contribution is 7.13. The lowest BCUT2D eigenvalue weighted by Crippen LogP contribution is -1.85. The topological polar surface area (TPSA) is 38.9 Å². The zero-order valence-electron chi connectivity index (χ0n) is 8.67. The van der Waals surface area contributed by atoms with Crippen LogP contribution in [-0.2, 0) is 0 Å². The van der Waals surface area contributed by atoms with Crippen LogP contribution in [0.4, 0.5) is 5.13 Å². The minimum absolute atomic E-state index is 0.544. The average molecular weight is 231 g/mol. The predicted octanol–water partition coefficient (Wildman–Crippen LogP) is 3.91. The molecule has 14 heavy (non-hydrogen) atoms. The zero-order chi connectivity index (χ0) is 11.1. The fourth-order valence-corrected chi connectivity index (χ4v) is 1.57. The third-order valence-electron chi connectivity index (χ3n) is 1.37. The molecule has 0 amide bonds. The molecule has 0 fully saturated rings. The van der Waals surface area contributed by atoms with Crippen LogP contribution in [0, 0.1) is 0 Å². The molecular weight excluding hydrogens is 216 g/mol. The molecule has 1 aromatic rings. The number of aromatic nitrogens is 1. The molecule has 0 aliphatic rings. The summed E-state index contributed by atoms with van der Waals surface area (Å²) in [6.45, 7) is 9.45. The lowest BCUT2D eigenvalue weighted by molar-refractivity contribution is 1.36. The summed E-state index contributed by atoms with van der Waals surface area (Å²) in [4.78, 5) is 4.09. The summed E-state index contributed by atoms with van der Waals surface area (Å²) in [6.07, 6.45) is 1.68. The van der Waals surface area contributed by atoms with Crippen LogP contribution >= 0.6 is 22.9 Å². The molecular formula is C10H15ClN2S. The molecule has 1 heterocycles. The summed E-state index contributed by atoms with van der Waals surface area (Å²) in [5.41, 5.74) is 7.11. The number of nitrogens with two attached hydrogens (primary N) is 1. The van der Waals surface area contributed by atoms with Gasteiger partial charge in [0.2, 0.25) is 0 Å². The van der Waals surface area contributed by atoms with Crippen molar-refractivity contribution in [1.29, 1.82) is 0 Å². The van der Waals surface area contributed by atoms with Crippen molar-refractivity contribution in [2.24, 2.45) is 0 Å². The molecule has 2 nitrogen and oxygen atoms in total. The standard InChI is InChI=1S/C8H9ClN2S.C2H6/c1-3-6(5(2)9)7-4-12-8(10)11-7;1-2/h3-4H,1H2,2H3,(H2,10,11);1-2H3/b6-5-;. The summed E-state index contributed by atoms with van der Waals surface area (Å²) < 4.78 is 0. The normalized spacial score (nSPS) is 11.1. The van der Waals surface area contributed by atoms with Crippen molar-refractivity contribution in [2.45, 2.75) is 20.8 Å². The second kappa shape index (κ2) is 6.62. The van der Waals surface area contributed by atoms with Gasteiger partial charge in [-0.25, -0.2) is 4.98 Å². The Balaban J connectivity index is 0.000000791. The molecule has 0 saturated carbocycles. The van der Waals surface area contributed by atoms with E-state index < -0.39 is 0 Å². The average Bonchev–Trinajstić information content (AvgIpc) is 2.56. The highest BCUT2D eigenvalue weighted by Crippen LogP contribution is 2.24. The van der Waals surface area contributed by atoms with Gasteiger partial charge in [-0.2, -0.15) is 0 Å². The molecule has 0 unspecified atom stereocenters. The van der Waals surface area contributed by atoms with Crippen LogP contribution in [-0.4, -0.2) is 4.98 Å². The van der Waals surface area contributed by atoms with Crippen molar-refractivity contribution in [3.63, 3.8) is 0 Å². The first-order valence-corrected chi connectivity index (χ1v) is 5.61. The molecule has 0 saturated heterocycles. The maximum Gasteiger partial charge on any atom is 0.180 e. The number of nitrogen functional groups attached to an aromatic ring is 1. The van der Waals surface area contributed by atoms with Crippen LogP contribution in [0.2, 0.25) is 0 Å². The lowest BCUT2D eigenvalue weighted by atomic mass is 10.2. The maximum absolute atomic E-state index is 5.82. The number of thiazole rings is 1. The van der Waals surface area contributed by atoms with E-state index in [4.69, 9.17) is 17.3 Å². The van der Waals surface area contributed by atoms with Gasteiger partial charge in [0.05, 0.1) is 5.69 Å². The Kier molecular flexibility index (Phi) is 6.25. The summed E-state index contributed by atoms with van der Waals surface area (Å²) in [7, 11) is 0. The smallest absolute Gasteiger partial charge is 0.180 e. The molecule has 4 heteroatoms. The minimum Gasteiger partial charge on any atom is -0.375 e. The summed E-state index contributed by atoms with van der Waals surface area (Å²) in [5, 5.41) is 3.08. The van der Waals surface area contributed by atoms with Crippen LogP contribution in [0.25, 0.3) is 5.57 Å². The number of hydrogen-bond donors (Lipinski definition) is 1. The Morgan fingerprint density at radius 1 is 1.64 bits per heavy atom. The summed E-state index contributed by atoms with van der Waals surface area (Å²) >= 11 is 7.21. The van der Waals surface area contributed by atoms with Crippen molar-refractivity contribution in [1.82, 2.24) is 4.98 Å². The van der Waals surface area contributed by atoms with E-state index in [9.17, 15) is 0 Å². The van der Waals surface area contributed by atoms with Crippen molar-refractivity contribution in [2.75, 3.05) is 5.73 Å². The summed E-state index contributed by atoms with van der Waals surface area (Å²) in [6, 6.07) is 0. The first-order chi connectivity index (χ1) is 6.65. The SMILES string of the molecule is C=C/C(=C(\C)Cl)c1csc(N)n1.CC. The molecule has 78 valence electrons. The molecule has 0 bridgehead atoms. The number of anilines is 1. The van der Waals surface area contributed by atoms with Crippen LogP contribution in [0.5, 0.6) is 0 Å². The molecule has 0 aliphatic heterocycles. The van der Waals surface area contributed by atoms with Gasteiger partial charge in [0.25, 0.3) is 0 Å². The van der Waals surface area contributed by atoms with E-state index in [0.717, 1.165) is 11.3 Å². The van der Waals surface area contributed by atoms with Gasteiger partial charge >= 0.3 is 0 Å². The fourth-order valence-electron chi connectivity index (χ4n) is 0.833.